The van der Waals surface area contributed by atoms with Gasteiger partial charge >= 0.3 is 0 Å². The average molecular weight is 168 g/mol. The smallest absolute Gasteiger partial charge is 0.0890 e. The lowest BCUT2D eigenvalue weighted by molar-refractivity contribution is 0.114. The van der Waals surface area contributed by atoms with E-state index in [2.05, 4.69) is 22.2 Å². The van der Waals surface area contributed by atoms with Crippen LogP contribution in [0.2, 0.25) is 0 Å². The van der Waals surface area contributed by atoms with Crippen molar-refractivity contribution in [1.82, 2.24) is 15.1 Å². The number of hydrogen-bond acceptors (Lipinski definition) is 2. The van der Waals surface area contributed by atoms with Gasteiger partial charge in [-0.2, -0.15) is 0 Å². The molecule has 2 aliphatic heterocycles. The molecule has 0 N–H and O–H groups in total. The zero-order valence-corrected chi connectivity index (χ0v) is 7.87. The van der Waals surface area contributed by atoms with Crippen molar-refractivity contribution in [2.24, 2.45) is 0 Å². The van der Waals surface area contributed by atoms with Crippen molar-refractivity contribution in [1.29, 1.82) is 0 Å². The van der Waals surface area contributed by atoms with Gasteiger partial charge in [0.05, 0.1) is 6.17 Å². The summed E-state index contributed by atoms with van der Waals surface area (Å²) >= 11 is 0. The summed E-state index contributed by atoms with van der Waals surface area (Å²) in [6, 6.07) is 0. The monoisotopic (exact) mass is 168 g/mol. The van der Waals surface area contributed by atoms with Crippen molar-refractivity contribution in [3.63, 3.8) is 0 Å². The van der Waals surface area contributed by atoms with Crippen LogP contribution < -0.4 is 5.32 Å². The zero-order valence-electron chi connectivity index (χ0n) is 7.87. The lowest BCUT2D eigenvalue weighted by Gasteiger charge is -2.35. The second-order valence-electron chi connectivity index (χ2n) is 3.89. The van der Waals surface area contributed by atoms with Gasteiger partial charge in [0.15, 0.2) is 0 Å². The quantitative estimate of drug-likeness (QED) is 0.547. The second-order valence-corrected chi connectivity index (χ2v) is 3.89. The van der Waals surface area contributed by atoms with Gasteiger partial charge in [-0.05, 0) is 33.0 Å². The fourth-order valence-electron chi connectivity index (χ4n) is 2.08. The van der Waals surface area contributed by atoms with Gasteiger partial charge in [-0.15, -0.1) is 0 Å². The predicted octanol–water partition coefficient (Wildman–Crippen LogP) is -0.0419. The summed E-state index contributed by atoms with van der Waals surface area (Å²) in [5, 5.41) is 4.65. The highest BCUT2D eigenvalue weighted by molar-refractivity contribution is 4.80. The third-order valence-corrected chi connectivity index (χ3v) is 2.86. The second kappa shape index (κ2) is 3.73. The zero-order chi connectivity index (χ0) is 8.39. The van der Waals surface area contributed by atoms with Gasteiger partial charge in [0.2, 0.25) is 0 Å². The molecule has 12 heavy (non-hydrogen) atoms. The van der Waals surface area contributed by atoms with E-state index in [0.717, 1.165) is 19.6 Å². The summed E-state index contributed by atoms with van der Waals surface area (Å²) in [5.74, 6) is 0. The maximum Gasteiger partial charge on any atom is 0.0890 e. The van der Waals surface area contributed by atoms with E-state index in [1.54, 1.807) is 0 Å². The number of nitrogens with zero attached hydrogens (tertiary/aromatic N) is 3. The Bertz CT molecular complexity index is 143. The van der Waals surface area contributed by atoms with Crippen molar-refractivity contribution < 1.29 is 0 Å². The Labute approximate surface area is 74.7 Å². The number of rotatable bonds is 1. The summed E-state index contributed by atoms with van der Waals surface area (Å²) in [7, 11) is 2.19. The van der Waals surface area contributed by atoms with Crippen LogP contribution in [0.5, 0.6) is 0 Å². The first-order chi connectivity index (χ1) is 5.86. The van der Waals surface area contributed by atoms with Crippen molar-refractivity contribution >= 4 is 0 Å². The molecule has 0 bridgehead atoms. The SMILES string of the molecule is CN1CC[N]C(N2CCCC2)C1. The topological polar surface area (TPSA) is 20.6 Å². The molecule has 2 saturated heterocycles. The van der Waals surface area contributed by atoms with Crippen molar-refractivity contribution in [3.8, 4) is 0 Å². The molecule has 1 unspecified atom stereocenters. The van der Waals surface area contributed by atoms with Crippen LogP contribution in [0.25, 0.3) is 0 Å². The normalized spacial score (nSPS) is 34.2. The summed E-state index contributed by atoms with van der Waals surface area (Å²) in [6.45, 7) is 5.84. The lowest BCUT2D eigenvalue weighted by Crippen LogP contribution is -2.53. The Balaban J connectivity index is 1.85. The summed E-state index contributed by atoms with van der Waals surface area (Å²) in [6.07, 6.45) is 3.25. The van der Waals surface area contributed by atoms with Gasteiger partial charge in [-0.3, -0.25) is 4.90 Å². The van der Waals surface area contributed by atoms with Gasteiger partial charge in [-0.1, -0.05) is 0 Å². The van der Waals surface area contributed by atoms with Crippen LogP contribution in [-0.2, 0) is 0 Å². The molecular weight excluding hydrogens is 150 g/mol. The Morgan fingerprint density at radius 2 is 1.92 bits per heavy atom. The molecule has 2 rings (SSSR count). The van der Waals surface area contributed by atoms with Gasteiger partial charge in [0, 0.05) is 19.6 Å². The predicted molar refractivity (Wildman–Crippen MR) is 49.1 cm³/mol. The van der Waals surface area contributed by atoms with Crippen molar-refractivity contribution in [2.45, 2.75) is 19.0 Å². The molecule has 69 valence electrons. The third-order valence-electron chi connectivity index (χ3n) is 2.86. The largest absolute Gasteiger partial charge is 0.302 e. The summed E-state index contributed by atoms with van der Waals surface area (Å²) < 4.78 is 0. The summed E-state index contributed by atoms with van der Waals surface area (Å²) in [5.41, 5.74) is 0. The van der Waals surface area contributed by atoms with E-state index in [0.29, 0.717) is 6.17 Å². The van der Waals surface area contributed by atoms with E-state index in [1.165, 1.54) is 25.9 Å². The fourth-order valence-corrected chi connectivity index (χ4v) is 2.08. The van der Waals surface area contributed by atoms with Crippen LogP contribution in [-0.4, -0.2) is 55.7 Å². The van der Waals surface area contributed by atoms with Crippen LogP contribution in [0.4, 0.5) is 0 Å². The Morgan fingerprint density at radius 3 is 2.58 bits per heavy atom. The van der Waals surface area contributed by atoms with Crippen LogP contribution in [0.1, 0.15) is 12.8 Å². The molecule has 3 heteroatoms. The molecule has 1 atom stereocenters. The molecular formula is C9H18N3. The van der Waals surface area contributed by atoms with Crippen LogP contribution in [0.15, 0.2) is 0 Å². The van der Waals surface area contributed by atoms with E-state index >= 15 is 0 Å². The first kappa shape index (κ1) is 8.48. The highest BCUT2D eigenvalue weighted by Crippen LogP contribution is 2.12. The molecule has 0 saturated carbocycles. The Kier molecular flexibility index (Phi) is 2.63. The molecule has 0 aromatic rings. The molecule has 2 heterocycles. The maximum absolute atomic E-state index is 4.65. The standard InChI is InChI=1S/C9H18N3/c1-11-7-4-10-9(8-11)12-5-2-3-6-12/h9H,2-8H2,1H3. The van der Waals surface area contributed by atoms with E-state index < -0.39 is 0 Å². The molecule has 0 aromatic heterocycles. The molecule has 1 radical (unpaired) electrons. The lowest BCUT2D eigenvalue weighted by atomic mass is 10.3. The number of hydrogen-bond donors (Lipinski definition) is 0. The molecule has 2 aliphatic rings. The van der Waals surface area contributed by atoms with Crippen molar-refractivity contribution in [3.05, 3.63) is 0 Å². The van der Waals surface area contributed by atoms with E-state index in [4.69, 9.17) is 0 Å². The fraction of sp³-hybridized carbons (Fsp3) is 1.00. The summed E-state index contributed by atoms with van der Waals surface area (Å²) in [4.78, 5) is 4.91. The minimum Gasteiger partial charge on any atom is -0.302 e. The van der Waals surface area contributed by atoms with E-state index in [1.807, 2.05) is 0 Å². The van der Waals surface area contributed by atoms with Crippen LogP contribution >= 0.6 is 0 Å². The maximum atomic E-state index is 4.65. The van der Waals surface area contributed by atoms with Crippen LogP contribution in [0.3, 0.4) is 0 Å². The minimum atomic E-state index is 0.506. The first-order valence-corrected chi connectivity index (χ1v) is 4.95. The average Bonchev–Trinajstić information content (AvgIpc) is 2.56. The van der Waals surface area contributed by atoms with Gasteiger partial charge < -0.3 is 4.90 Å². The minimum absolute atomic E-state index is 0.506. The molecule has 0 aromatic carbocycles. The Hall–Kier alpha value is -0.120. The number of likely N-dealkylation sites (tertiary alicyclic amines) is 1. The third kappa shape index (κ3) is 1.79. The Morgan fingerprint density at radius 1 is 1.17 bits per heavy atom. The molecule has 0 aliphatic carbocycles. The van der Waals surface area contributed by atoms with Gasteiger partial charge in [0.1, 0.15) is 0 Å². The molecule has 0 spiro atoms. The van der Waals surface area contributed by atoms with Crippen molar-refractivity contribution in [2.75, 3.05) is 39.8 Å². The highest BCUT2D eigenvalue weighted by atomic mass is 15.3. The van der Waals surface area contributed by atoms with Gasteiger partial charge in [-0.25, -0.2) is 5.32 Å². The molecule has 0 amide bonds. The van der Waals surface area contributed by atoms with Crippen LogP contribution in [0, 0.1) is 0 Å². The highest BCUT2D eigenvalue weighted by Gasteiger charge is 2.25. The number of piperazine rings is 1. The van der Waals surface area contributed by atoms with E-state index in [9.17, 15) is 0 Å². The van der Waals surface area contributed by atoms with E-state index in [-0.39, 0.29) is 0 Å². The molecule has 3 nitrogen and oxygen atoms in total. The molecule has 2 fully saturated rings. The number of likely N-dealkylation sites (N-methyl/N-ethyl adjacent to an activating group) is 1. The van der Waals surface area contributed by atoms with Gasteiger partial charge in [0.25, 0.3) is 0 Å². The first-order valence-electron chi connectivity index (χ1n) is 4.95.